The molecular formula is C23H21N5OS3. The zero-order valence-electron chi connectivity index (χ0n) is 17.6. The standard InChI is InChI=1S/C23H21N5OS3/c1-15-7-3-4-8-18(15)27-16(2)24-25-23(27)32-14-22(29)28-19(21-10-6-12-31-21)13-17(26-28)20-9-5-11-30-20/h3-12,19H,13-14H2,1-2H3. The monoisotopic (exact) mass is 479 g/mol. The van der Waals surface area contributed by atoms with E-state index >= 15 is 0 Å². The summed E-state index contributed by atoms with van der Waals surface area (Å²) in [6.45, 7) is 3.99. The lowest BCUT2D eigenvalue weighted by Gasteiger charge is -2.20. The zero-order valence-corrected chi connectivity index (χ0v) is 20.1. The molecule has 0 N–H and O–H groups in total. The first-order valence-electron chi connectivity index (χ1n) is 10.2. The maximum absolute atomic E-state index is 13.3. The minimum Gasteiger partial charge on any atom is -0.274 e. The Morgan fingerprint density at radius 2 is 1.88 bits per heavy atom. The first-order valence-corrected chi connectivity index (χ1v) is 12.9. The van der Waals surface area contributed by atoms with Crippen molar-refractivity contribution in [3.8, 4) is 5.69 Å². The number of hydrogen-bond acceptors (Lipinski definition) is 7. The summed E-state index contributed by atoms with van der Waals surface area (Å²) >= 11 is 4.72. The lowest BCUT2D eigenvalue weighted by molar-refractivity contribution is -0.130. The number of carbonyl (C=O) groups is 1. The van der Waals surface area contributed by atoms with Crippen molar-refractivity contribution in [3.63, 3.8) is 0 Å². The van der Waals surface area contributed by atoms with Gasteiger partial charge >= 0.3 is 0 Å². The fraction of sp³-hybridized carbons (Fsp3) is 0.217. The predicted octanol–water partition coefficient (Wildman–Crippen LogP) is 5.48. The van der Waals surface area contributed by atoms with Crippen LogP contribution in [-0.2, 0) is 4.79 Å². The average molecular weight is 480 g/mol. The van der Waals surface area contributed by atoms with Crippen LogP contribution >= 0.6 is 34.4 Å². The van der Waals surface area contributed by atoms with Crippen LogP contribution in [0.5, 0.6) is 0 Å². The molecule has 4 aromatic rings. The molecule has 1 atom stereocenters. The van der Waals surface area contributed by atoms with Crippen LogP contribution in [0.4, 0.5) is 0 Å². The van der Waals surface area contributed by atoms with E-state index < -0.39 is 0 Å². The van der Waals surface area contributed by atoms with E-state index in [1.165, 1.54) is 11.8 Å². The molecule has 0 saturated carbocycles. The fourth-order valence-electron chi connectivity index (χ4n) is 3.75. The Hall–Kier alpha value is -2.75. The number of para-hydroxylation sites is 1. The zero-order chi connectivity index (χ0) is 22.1. The molecule has 0 saturated heterocycles. The van der Waals surface area contributed by atoms with Crippen molar-refractivity contribution in [2.75, 3.05) is 5.75 Å². The summed E-state index contributed by atoms with van der Waals surface area (Å²) in [5, 5.41) is 19.8. The van der Waals surface area contributed by atoms with E-state index in [-0.39, 0.29) is 17.7 Å². The highest BCUT2D eigenvalue weighted by Crippen LogP contribution is 2.36. The van der Waals surface area contributed by atoms with Crippen LogP contribution in [0.2, 0.25) is 0 Å². The second kappa shape index (κ2) is 9.01. The van der Waals surface area contributed by atoms with Gasteiger partial charge in [-0.05, 0) is 48.4 Å². The molecule has 0 fully saturated rings. The smallest absolute Gasteiger partial charge is 0.253 e. The molecule has 1 aromatic carbocycles. The number of amides is 1. The third-order valence-corrected chi connectivity index (χ3v) is 8.13. The van der Waals surface area contributed by atoms with Gasteiger partial charge in [-0.3, -0.25) is 9.36 Å². The molecule has 0 spiro atoms. The highest BCUT2D eigenvalue weighted by Gasteiger charge is 2.34. The maximum Gasteiger partial charge on any atom is 0.253 e. The van der Waals surface area contributed by atoms with Gasteiger partial charge in [0.25, 0.3) is 5.91 Å². The number of aryl methyl sites for hydroxylation is 2. The van der Waals surface area contributed by atoms with Gasteiger partial charge in [0.1, 0.15) is 5.82 Å². The molecular weight excluding hydrogens is 458 g/mol. The molecule has 9 heteroatoms. The lowest BCUT2D eigenvalue weighted by Crippen LogP contribution is -2.28. The number of hydrogen-bond donors (Lipinski definition) is 0. The van der Waals surface area contributed by atoms with E-state index in [9.17, 15) is 4.79 Å². The van der Waals surface area contributed by atoms with Gasteiger partial charge in [0.2, 0.25) is 0 Å². The summed E-state index contributed by atoms with van der Waals surface area (Å²) in [5.41, 5.74) is 3.13. The van der Waals surface area contributed by atoms with E-state index in [0.29, 0.717) is 5.16 Å². The van der Waals surface area contributed by atoms with Crippen LogP contribution in [-0.4, -0.2) is 37.1 Å². The number of hydrazone groups is 1. The molecule has 1 unspecified atom stereocenters. The van der Waals surface area contributed by atoms with Crippen LogP contribution in [0, 0.1) is 13.8 Å². The van der Waals surface area contributed by atoms with Gasteiger partial charge in [0.15, 0.2) is 5.16 Å². The highest BCUT2D eigenvalue weighted by atomic mass is 32.2. The third-order valence-electron chi connectivity index (χ3n) is 5.32. The summed E-state index contributed by atoms with van der Waals surface area (Å²) < 4.78 is 2.01. The van der Waals surface area contributed by atoms with Crippen molar-refractivity contribution in [1.29, 1.82) is 0 Å². The van der Waals surface area contributed by atoms with Crippen molar-refractivity contribution in [2.45, 2.75) is 31.5 Å². The first kappa shape index (κ1) is 21.1. The number of aromatic nitrogens is 3. The number of thioether (sulfide) groups is 1. The van der Waals surface area contributed by atoms with Crippen molar-refractivity contribution >= 4 is 46.1 Å². The van der Waals surface area contributed by atoms with Gasteiger partial charge in [-0.15, -0.1) is 32.9 Å². The summed E-state index contributed by atoms with van der Waals surface area (Å²) in [6, 6.07) is 16.2. The molecule has 1 amide bonds. The van der Waals surface area contributed by atoms with Gasteiger partial charge in [0, 0.05) is 11.3 Å². The minimum atomic E-state index is -0.0591. The molecule has 32 heavy (non-hydrogen) atoms. The molecule has 162 valence electrons. The van der Waals surface area contributed by atoms with Crippen molar-refractivity contribution in [3.05, 3.63) is 80.4 Å². The number of benzene rings is 1. The number of nitrogens with zero attached hydrogens (tertiary/aromatic N) is 5. The Kier molecular flexibility index (Phi) is 5.95. The predicted molar refractivity (Wildman–Crippen MR) is 131 cm³/mol. The molecule has 4 heterocycles. The Morgan fingerprint density at radius 3 is 2.62 bits per heavy atom. The maximum atomic E-state index is 13.3. The average Bonchev–Trinajstić information content (AvgIpc) is 3.59. The van der Waals surface area contributed by atoms with Crippen molar-refractivity contribution < 1.29 is 4.79 Å². The van der Waals surface area contributed by atoms with Gasteiger partial charge in [0.05, 0.1) is 28.1 Å². The third kappa shape index (κ3) is 4.03. The Morgan fingerprint density at radius 1 is 1.06 bits per heavy atom. The number of carbonyl (C=O) groups excluding carboxylic acids is 1. The molecule has 5 rings (SSSR count). The van der Waals surface area contributed by atoms with Crippen molar-refractivity contribution in [1.82, 2.24) is 19.8 Å². The summed E-state index contributed by atoms with van der Waals surface area (Å²) in [6.07, 6.45) is 0.732. The van der Waals surface area contributed by atoms with Gasteiger partial charge in [-0.1, -0.05) is 42.1 Å². The van der Waals surface area contributed by atoms with Crippen LogP contribution in [0.3, 0.4) is 0 Å². The van der Waals surface area contributed by atoms with Gasteiger partial charge < -0.3 is 0 Å². The Balaban J connectivity index is 1.38. The molecule has 0 radical (unpaired) electrons. The number of rotatable bonds is 6. The molecule has 6 nitrogen and oxygen atoms in total. The van der Waals surface area contributed by atoms with Gasteiger partial charge in [-0.2, -0.15) is 5.10 Å². The van der Waals surface area contributed by atoms with Crippen molar-refractivity contribution in [2.24, 2.45) is 5.10 Å². The topological polar surface area (TPSA) is 63.4 Å². The summed E-state index contributed by atoms with van der Waals surface area (Å²) in [7, 11) is 0. The van der Waals surface area contributed by atoms with Crippen LogP contribution in [0.25, 0.3) is 5.69 Å². The lowest BCUT2D eigenvalue weighted by atomic mass is 10.1. The summed E-state index contributed by atoms with van der Waals surface area (Å²) in [5.74, 6) is 1.01. The fourth-order valence-corrected chi connectivity index (χ4v) is 6.13. The Bertz CT molecular complexity index is 1260. The van der Waals surface area contributed by atoms with Gasteiger partial charge in [-0.25, -0.2) is 5.01 Å². The Labute approximate surface area is 198 Å². The van der Waals surface area contributed by atoms with Crippen LogP contribution < -0.4 is 0 Å². The second-order valence-corrected chi connectivity index (χ2v) is 10.3. The van der Waals surface area contributed by atoms with E-state index in [1.54, 1.807) is 27.7 Å². The van der Waals surface area contributed by atoms with Crippen LogP contribution in [0.1, 0.15) is 33.6 Å². The minimum absolute atomic E-state index is 0.0306. The SMILES string of the molecule is Cc1ccccc1-n1c(C)nnc1SCC(=O)N1N=C(c2cccs2)CC1c1cccs1. The molecule has 0 bridgehead atoms. The number of thiophene rings is 2. The van der Waals surface area contributed by atoms with Crippen LogP contribution in [0.15, 0.2) is 69.5 Å². The van der Waals surface area contributed by atoms with E-state index in [4.69, 9.17) is 5.10 Å². The van der Waals surface area contributed by atoms with E-state index in [1.807, 2.05) is 52.6 Å². The summed E-state index contributed by atoms with van der Waals surface area (Å²) in [4.78, 5) is 15.6. The molecule has 1 aliphatic heterocycles. The first-order chi connectivity index (χ1) is 15.6. The largest absolute Gasteiger partial charge is 0.274 e. The molecule has 1 aliphatic rings. The van der Waals surface area contributed by atoms with E-state index in [0.717, 1.165) is 39.0 Å². The molecule has 3 aromatic heterocycles. The highest BCUT2D eigenvalue weighted by molar-refractivity contribution is 7.99. The molecule has 0 aliphatic carbocycles. The normalized spacial score (nSPS) is 15.9. The van der Waals surface area contributed by atoms with E-state index in [2.05, 4.69) is 35.3 Å². The quantitative estimate of drug-likeness (QED) is 0.344. The second-order valence-electron chi connectivity index (χ2n) is 7.44.